The summed E-state index contributed by atoms with van der Waals surface area (Å²) < 4.78 is 0. The van der Waals surface area contributed by atoms with E-state index >= 15 is 0 Å². The lowest BCUT2D eigenvalue weighted by molar-refractivity contribution is -0.141. The number of hydrogen-bond donors (Lipinski definition) is 2. The molecule has 1 rings (SSSR count). The van der Waals surface area contributed by atoms with Crippen molar-refractivity contribution in [3.8, 4) is 0 Å². The zero-order valence-electron chi connectivity index (χ0n) is 8.96. The Balaban J connectivity index is 2.97. The minimum Gasteiger partial charge on any atom is -0.481 e. The van der Waals surface area contributed by atoms with E-state index < -0.39 is 23.6 Å². The van der Waals surface area contributed by atoms with Gasteiger partial charge < -0.3 is 10.8 Å². The summed E-state index contributed by atoms with van der Waals surface area (Å²) in [5.41, 5.74) is 5.70. The van der Waals surface area contributed by atoms with Gasteiger partial charge >= 0.3 is 5.97 Å². The summed E-state index contributed by atoms with van der Waals surface area (Å²) in [6, 6.07) is 3.15. The molecule has 2 atom stereocenters. The van der Waals surface area contributed by atoms with E-state index in [1.165, 1.54) is 12.4 Å². The van der Waals surface area contributed by atoms with Gasteiger partial charge in [-0.2, -0.15) is 0 Å². The van der Waals surface area contributed by atoms with Crippen molar-refractivity contribution in [3.05, 3.63) is 30.1 Å². The number of rotatable bonds is 5. The number of ketones is 1. The van der Waals surface area contributed by atoms with E-state index in [4.69, 9.17) is 10.8 Å². The van der Waals surface area contributed by atoms with Gasteiger partial charge in [0.2, 0.25) is 0 Å². The third-order valence-corrected chi connectivity index (χ3v) is 2.44. The second kappa shape index (κ2) is 5.37. The Kier molecular flexibility index (Phi) is 4.13. The van der Waals surface area contributed by atoms with E-state index in [0.29, 0.717) is 5.56 Å². The van der Waals surface area contributed by atoms with Crippen LogP contribution in [0, 0.1) is 11.8 Å². The van der Waals surface area contributed by atoms with Gasteiger partial charge in [0.1, 0.15) is 5.92 Å². The van der Waals surface area contributed by atoms with Crippen molar-refractivity contribution >= 4 is 11.8 Å². The molecular weight excluding hydrogens is 208 g/mol. The standard InChI is InChI=1S/C11H14N2O3/c1-7(5-12)9(11(15)16)10(14)8-3-2-4-13-6-8/h2-4,6-7,9H,5,12H2,1H3,(H,15,16). The molecule has 5 nitrogen and oxygen atoms in total. The van der Waals surface area contributed by atoms with E-state index in [0.717, 1.165) is 0 Å². The molecule has 5 heteroatoms. The molecule has 86 valence electrons. The fraction of sp³-hybridized carbons (Fsp3) is 0.364. The maximum atomic E-state index is 11.9. The normalized spacial score (nSPS) is 14.1. The second-order valence-corrected chi connectivity index (χ2v) is 3.63. The number of nitrogens with zero attached hydrogens (tertiary/aromatic N) is 1. The van der Waals surface area contributed by atoms with Crippen LogP contribution in [0.2, 0.25) is 0 Å². The lowest BCUT2D eigenvalue weighted by atomic mass is 9.87. The van der Waals surface area contributed by atoms with E-state index in [9.17, 15) is 9.59 Å². The first-order valence-corrected chi connectivity index (χ1v) is 4.95. The minimum atomic E-state index is -1.15. The summed E-state index contributed by atoms with van der Waals surface area (Å²) in [7, 11) is 0. The van der Waals surface area contributed by atoms with Crippen LogP contribution in [0.5, 0.6) is 0 Å². The molecule has 2 unspecified atom stereocenters. The van der Waals surface area contributed by atoms with Crippen molar-refractivity contribution < 1.29 is 14.7 Å². The molecule has 3 N–H and O–H groups in total. The number of nitrogens with two attached hydrogens (primary N) is 1. The first-order chi connectivity index (χ1) is 7.57. The predicted octanol–water partition coefficient (Wildman–Crippen LogP) is 0.560. The smallest absolute Gasteiger partial charge is 0.314 e. The van der Waals surface area contributed by atoms with Crippen molar-refractivity contribution in [3.63, 3.8) is 0 Å². The topological polar surface area (TPSA) is 93.3 Å². The highest BCUT2D eigenvalue weighted by atomic mass is 16.4. The summed E-state index contributed by atoms with van der Waals surface area (Å²) in [5, 5.41) is 9.01. The Morgan fingerprint density at radius 2 is 2.25 bits per heavy atom. The van der Waals surface area contributed by atoms with Crippen LogP contribution < -0.4 is 5.73 Å². The molecule has 0 aliphatic carbocycles. The van der Waals surface area contributed by atoms with Crippen molar-refractivity contribution in [2.24, 2.45) is 17.6 Å². The van der Waals surface area contributed by atoms with Crippen molar-refractivity contribution in [2.75, 3.05) is 6.54 Å². The fourth-order valence-electron chi connectivity index (χ4n) is 1.44. The van der Waals surface area contributed by atoms with Gasteiger partial charge in [-0.1, -0.05) is 6.92 Å². The Morgan fingerprint density at radius 3 is 2.69 bits per heavy atom. The van der Waals surface area contributed by atoms with Crippen molar-refractivity contribution in [1.82, 2.24) is 4.98 Å². The number of aliphatic carboxylic acids is 1. The second-order valence-electron chi connectivity index (χ2n) is 3.63. The number of carbonyl (C=O) groups excluding carboxylic acids is 1. The average Bonchev–Trinajstić information content (AvgIpc) is 2.29. The lowest BCUT2D eigenvalue weighted by Crippen LogP contribution is -2.34. The van der Waals surface area contributed by atoms with Gasteiger partial charge in [0.25, 0.3) is 0 Å². The van der Waals surface area contributed by atoms with Gasteiger partial charge in [0.15, 0.2) is 5.78 Å². The largest absolute Gasteiger partial charge is 0.481 e. The summed E-state index contributed by atoms with van der Waals surface area (Å²) in [6.45, 7) is 1.80. The molecule has 16 heavy (non-hydrogen) atoms. The number of aromatic nitrogens is 1. The summed E-state index contributed by atoms with van der Waals surface area (Å²) in [6.07, 6.45) is 2.89. The maximum Gasteiger partial charge on any atom is 0.314 e. The predicted molar refractivity (Wildman–Crippen MR) is 57.9 cm³/mol. The molecular formula is C11H14N2O3. The fourth-order valence-corrected chi connectivity index (χ4v) is 1.44. The molecule has 0 saturated carbocycles. The number of carboxylic acid groups (broad SMARTS) is 1. The Bertz CT molecular complexity index is 378. The number of Topliss-reactive ketones (excluding diaryl/α,β-unsaturated/α-hetero) is 1. The van der Waals surface area contributed by atoms with Crippen LogP contribution in [-0.2, 0) is 4.79 Å². The van der Waals surface area contributed by atoms with Gasteiger partial charge in [-0.05, 0) is 24.6 Å². The van der Waals surface area contributed by atoms with Crippen LogP contribution >= 0.6 is 0 Å². The highest BCUT2D eigenvalue weighted by molar-refractivity contribution is 6.08. The van der Waals surface area contributed by atoms with Crippen LogP contribution in [0.4, 0.5) is 0 Å². The number of carbonyl (C=O) groups is 2. The third kappa shape index (κ3) is 2.64. The van der Waals surface area contributed by atoms with Gasteiger partial charge in [-0.15, -0.1) is 0 Å². The lowest BCUT2D eigenvalue weighted by Gasteiger charge is -2.16. The average molecular weight is 222 g/mol. The van der Waals surface area contributed by atoms with E-state index in [2.05, 4.69) is 4.98 Å². The highest BCUT2D eigenvalue weighted by Crippen LogP contribution is 2.16. The Hall–Kier alpha value is -1.75. The van der Waals surface area contributed by atoms with Gasteiger partial charge in [-0.3, -0.25) is 14.6 Å². The quantitative estimate of drug-likeness (QED) is 0.561. The molecule has 0 radical (unpaired) electrons. The molecule has 1 aromatic heterocycles. The maximum absolute atomic E-state index is 11.9. The van der Waals surface area contributed by atoms with Crippen LogP contribution in [0.15, 0.2) is 24.5 Å². The molecule has 1 aromatic rings. The summed E-state index contributed by atoms with van der Waals surface area (Å²) in [5.74, 6) is -3.09. The van der Waals surface area contributed by atoms with Crippen LogP contribution in [0.25, 0.3) is 0 Å². The molecule has 0 bridgehead atoms. The summed E-state index contributed by atoms with van der Waals surface area (Å²) in [4.78, 5) is 26.7. The van der Waals surface area contributed by atoms with Crippen molar-refractivity contribution in [2.45, 2.75) is 6.92 Å². The van der Waals surface area contributed by atoms with E-state index in [1.54, 1.807) is 19.1 Å². The van der Waals surface area contributed by atoms with Gasteiger partial charge in [0.05, 0.1) is 0 Å². The Morgan fingerprint density at radius 1 is 1.56 bits per heavy atom. The van der Waals surface area contributed by atoms with E-state index in [1.807, 2.05) is 0 Å². The third-order valence-electron chi connectivity index (χ3n) is 2.44. The van der Waals surface area contributed by atoms with Crippen molar-refractivity contribution in [1.29, 1.82) is 0 Å². The molecule has 0 saturated heterocycles. The Labute approximate surface area is 93.3 Å². The van der Waals surface area contributed by atoms with Gasteiger partial charge in [0, 0.05) is 18.0 Å². The van der Waals surface area contributed by atoms with Gasteiger partial charge in [-0.25, -0.2) is 0 Å². The molecule has 1 heterocycles. The SMILES string of the molecule is CC(CN)C(C(=O)O)C(=O)c1cccnc1. The molecule has 0 fully saturated rings. The molecule has 0 aromatic carbocycles. The zero-order valence-corrected chi connectivity index (χ0v) is 8.96. The molecule has 0 amide bonds. The zero-order chi connectivity index (χ0) is 12.1. The van der Waals surface area contributed by atoms with Crippen LogP contribution in [0.1, 0.15) is 17.3 Å². The number of hydrogen-bond acceptors (Lipinski definition) is 4. The van der Waals surface area contributed by atoms with Crippen LogP contribution in [-0.4, -0.2) is 28.4 Å². The first kappa shape index (κ1) is 12.3. The minimum absolute atomic E-state index is 0.156. The molecule has 0 spiro atoms. The molecule has 0 aliphatic heterocycles. The highest BCUT2D eigenvalue weighted by Gasteiger charge is 2.31. The number of pyridine rings is 1. The van der Waals surface area contributed by atoms with E-state index in [-0.39, 0.29) is 6.54 Å². The van der Waals surface area contributed by atoms with Crippen LogP contribution in [0.3, 0.4) is 0 Å². The number of carboxylic acids is 1. The first-order valence-electron chi connectivity index (χ1n) is 4.95. The monoisotopic (exact) mass is 222 g/mol. The molecule has 0 aliphatic rings. The summed E-state index contributed by atoms with van der Waals surface area (Å²) >= 11 is 0.